The summed E-state index contributed by atoms with van der Waals surface area (Å²) in [5.41, 5.74) is 1.01. The SMILES string of the molecule is CC(C)(C)c1ccc(C(=O)NCCc2cccc(C(F)(F)F)n2)cc1. The number of hydrogen-bond donors (Lipinski definition) is 1. The third-order valence-corrected chi connectivity index (χ3v) is 3.78. The van der Waals surface area contributed by atoms with Gasteiger partial charge in [-0.3, -0.25) is 4.79 Å². The van der Waals surface area contributed by atoms with Gasteiger partial charge in [-0.25, -0.2) is 4.98 Å². The maximum atomic E-state index is 12.6. The zero-order valence-electron chi connectivity index (χ0n) is 14.4. The Morgan fingerprint density at radius 2 is 1.68 bits per heavy atom. The van der Waals surface area contributed by atoms with Crippen molar-refractivity contribution in [2.75, 3.05) is 6.54 Å². The maximum Gasteiger partial charge on any atom is 0.433 e. The quantitative estimate of drug-likeness (QED) is 0.890. The molecule has 6 heteroatoms. The van der Waals surface area contributed by atoms with E-state index in [9.17, 15) is 18.0 Å². The Morgan fingerprint density at radius 3 is 2.24 bits per heavy atom. The van der Waals surface area contributed by atoms with Crippen molar-refractivity contribution in [3.05, 3.63) is 65.0 Å². The summed E-state index contributed by atoms with van der Waals surface area (Å²) in [5, 5.41) is 2.70. The Hall–Kier alpha value is -2.37. The number of amides is 1. The number of nitrogens with one attached hydrogen (secondary N) is 1. The smallest absolute Gasteiger partial charge is 0.352 e. The standard InChI is InChI=1S/C19H21F3N2O/c1-18(2,3)14-9-7-13(8-10-14)17(25)23-12-11-15-5-4-6-16(24-15)19(20,21)22/h4-10H,11-12H2,1-3H3,(H,23,25). The van der Waals surface area contributed by atoms with Crippen LogP contribution in [0.2, 0.25) is 0 Å². The Balaban J connectivity index is 1.93. The number of halogens is 3. The first-order valence-corrected chi connectivity index (χ1v) is 7.99. The molecule has 0 saturated heterocycles. The van der Waals surface area contributed by atoms with Crippen molar-refractivity contribution in [2.45, 2.75) is 38.8 Å². The molecule has 2 rings (SSSR count). The van der Waals surface area contributed by atoms with Gasteiger partial charge in [-0.05, 0) is 35.2 Å². The number of carbonyl (C=O) groups is 1. The molecule has 134 valence electrons. The Kier molecular flexibility index (Phi) is 5.50. The topological polar surface area (TPSA) is 42.0 Å². The summed E-state index contributed by atoms with van der Waals surface area (Å²) in [6.07, 6.45) is -4.23. The van der Waals surface area contributed by atoms with Gasteiger partial charge in [-0.15, -0.1) is 0 Å². The Labute approximate surface area is 145 Å². The summed E-state index contributed by atoms with van der Waals surface area (Å²) < 4.78 is 37.9. The number of carbonyl (C=O) groups excluding carboxylic acids is 1. The molecule has 1 amide bonds. The summed E-state index contributed by atoms with van der Waals surface area (Å²) in [5.74, 6) is -0.257. The number of rotatable bonds is 4. The van der Waals surface area contributed by atoms with Crippen LogP contribution < -0.4 is 5.32 Å². The molecule has 0 fully saturated rings. The van der Waals surface area contributed by atoms with Crippen LogP contribution in [0.5, 0.6) is 0 Å². The molecule has 3 nitrogen and oxygen atoms in total. The van der Waals surface area contributed by atoms with Crippen LogP contribution in [0.3, 0.4) is 0 Å². The second-order valence-corrected chi connectivity index (χ2v) is 6.85. The van der Waals surface area contributed by atoms with Gasteiger partial charge in [0.1, 0.15) is 5.69 Å². The average molecular weight is 350 g/mol. The third-order valence-electron chi connectivity index (χ3n) is 3.78. The van der Waals surface area contributed by atoms with Gasteiger partial charge in [-0.1, -0.05) is 39.0 Å². The van der Waals surface area contributed by atoms with Gasteiger partial charge in [0.2, 0.25) is 0 Å². The van der Waals surface area contributed by atoms with Gasteiger partial charge in [0.25, 0.3) is 5.91 Å². The molecule has 1 aromatic heterocycles. The number of aromatic nitrogens is 1. The van der Waals surface area contributed by atoms with Crippen molar-refractivity contribution in [1.82, 2.24) is 10.3 Å². The van der Waals surface area contributed by atoms with E-state index >= 15 is 0 Å². The number of alkyl halides is 3. The molecule has 0 aliphatic heterocycles. The third kappa shape index (κ3) is 5.31. The molecule has 0 unspecified atom stereocenters. The fourth-order valence-electron chi connectivity index (χ4n) is 2.30. The molecule has 0 aliphatic rings. The molecule has 0 saturated carbocycles. The molecule has 0 bridgehead atoms. The van der Waals surface area contributed by atoms with Crippen molar-refractivity contribution in [1.29, 1.82) is 0 Å². The van der Waals surface area contributed by atoms with Gasteiger partial charge in [-0.2, -0.15) is 13.2 Å². The first-order chi connectivity index (χ1) is 11.6. The van der Waals surface area contributed by atoms with E-state index < -0.39 is 11.9 Å². The minimum atomic E-state index is -4.46. The lowest BCUT2D eigenvalue weighted by Gasteiger charge is -2.19. The van der Waals surface area contributed by atoms with Crippen molar-refractivity contribution in [3.63, 3.8) is 0 Å². The average Bonchev–Trinajstić information content (AvgIpc) is 2.53. The van der Waals surface area contributed by atoms with E-state index in [0.717, 1.165) is 11.6 Å². The first kappa shape index (κ1) is 19.0. The van der Waals surface area contributed by atoms with Crippen LogP contribution in [0.25, 0.3) is 0 Å². The molecular formula is C19H21F3N2O. The molecule has 0 spiro atoms. The predicted molar refractivity (Wildman–Crippen MR) is 90.4 cm³/mol. The van der Waals surface area contributed by atoms with Crippen LogP contribution in [0.4, 0.5) is 13.2 Å². The minimum Gasteiger partial charge on any atom is -0.352 e. The largest absolute Gasteiger partial charge is 0.433 e. The molecule has 1 heterocycles. The van der Waals surface area contributed by atoms with Gasteiger partial charge in [0.15, 0.2) is 0 Å². The van der Waals surface area contributed by atoms with E-state index in [1.807, 2.05) is 12.1 Å². The van der Waals surface area contributed by atoms with Crippen LogP contribution in [0, 0.1) is 0 Å². The summed E-state index contributed by atoms with van der Waals surface area (Å²) >= 11 is 0. The molecule has 1 aromatic carbocycles. The fourth-order valence-corrected chi connectivity index (χ4v) is 2.30. The highest BCUT2D eigenvalue weighted by atomic mass is 19.4. The summed E-state index contributed by atoms with van der Waals surface area (Å²) in [6, 6.07) is 11.1. The lowest BCUT2D eigenvalue weighted by atomic mass is 9.87. The summed E-state index contributed by atoms with van der Waals surface area (Å²) in [7, 11) is 0. The van der Waals surface area contributed by atoms with Crippen LogP contribution in [-0.2, 0) is 18.0 Å². The second kappa shape index (κ2) is 7.25. The molecule has 0 aliphatic carbocycles. The maximum absolute atomic E-state index is 12.6. The fraction of sp³-hybridized carbons (Fsp3) is 0.368. The highest BCUT2D eigenvalue weighted by Gasteiger charge is 2.32. The lowest BCUT2D eigenvalue weighted by Crippen LogP contribution is -2.26. The van der Waals surface area contributed by atoms with E-state index in [1.165, 1.54) is 12.1 Å². The van der Waals surface area contributed by atoms with E-state index in [0.29, 0.717) is 11.3 Å². The lowest BCUT2D eigenvalue weighted by molar-refractivity contribution is -0.141. The van der Waals surface area contributed by atoms with Gasteiger partial charge >= 0.3 is 6.18 Å². The molecular weight excluding hydrogens is 329 g/mol. The summed E-state index contributed by atoms with van der Waals surface area (Å²) in [4.78, 5) is 15.7. The van der Waals surface area contributed by atoms with Crippen molar-refractivity contribution >= 4 is 5.91 Å². The molecule has 0 radical (unpaired) electrons. The van der Waals surface area contributed by atoms with Crippen LogP contribution >= 0.6 is 0 Å². The zero-order chi connectivity index (χ0) is 18.7. The van der Waals surface area contributed by atoms with Gasteiger partial charge in [0, 0.05) is 24.2 Å². The van der Waals surface area contributed by atoms with E-state index in [2.05, 4.69) is 31.1 Å². The molecule has 1 N–H and O–H groups in total. The van der Waals surface area contributed by atoms with Crippen molar-refractivity contribution < 1.29 is 18.0 Å². The monoisotopic (exact) mass is 350 g/mol. The molecule has 25 heavy (non-hydrogen) atoms. The summed E-state index contributed by atoms with van der Waals surface area (Å²) in [6.45, 7) is 6.48. The van der Waals surface area contributed by atoms with E-state index in [1.54, 1.807) is 12.1 Å². The number of nitrogens with zero attached hydrogens (tertiary/aromatic N) is 1. The number of pyridine rings is 1. The highest BCUT2D eigenvalue weighted by molar-refractivity contribution is 5.94. The normalized spacial score (nSPS) is 12.1. The van der Waals surface area contributed by atoms with Crippen molar-refractivity contribution in [2.24, 2.45) is 0 Å². The van der Waals surface area contributed by atoms with Crippen molar-refractivity contribution in [3.8, 4) is 0 Å². The van der Waals surface area contributed by atoms with E-state index in [-0.39, 0.29) is 24.3 Å². The van der Waals surface area contributed by atoms with Crippen LogP contribution in [0.1, 0.15) is 48.1 Å². The Morgan fingerprint density at radius 1 is 1.04 bits per heavy atom. The minimum absolute atomic E-state index is 0.00414. The first-order valence-electron chi connectivity index (χ1n) is 7.99. The predicted octanol–water partition coefficient (Wildman–Crippen LogP) is 4.37. The second-order valence-electron chi connectivity index (χ2n) is 6.85. The number of hydrogen-bond acceptors (Lipinski definition) is 2. The Bertz CT molecular complexity index is 732. The van der Waals surface area contributed by atoms with Gasteiger partial charge in [0.05, 0.1) is 0 Å². The van der Waals surface area contributed by atoms with E-state index in [4.69, 9.17) is 0 Å². The molecule has 0 atom stereocenters. The van der Waals surface area contributed by atoms with Gasteiger partial charge < -0.3 is 5.32 Å². The number of benzene rings is 1. The zero-order valence-corrected chi connectivity index (χ0v) is 14.4. The molecule has 2 aromatic rings. The highest BCUT2D eigenvalue weighted by Crippen LogP contribution is 2.27. The van der Waals surface area contributed by atoms with Crippen LogP contribution in [-0.4, -0.2) is 17.4 Å². The van der Waals surface area contributed by atoms with Crippen LogP contribution in [0.15, 0.2) is 42.5 Å².